The van der Waals surface area contributed by atoms with Gasteiger partial charge in [-0.25, -0.2) is 19.3 Å². The van der Waals surface area contributed by atoms with Crippen LogP contribution in [0.25, 0.3) is 11.0 Å². The normalized spacial score (nSPS) is 16.7. The Labute approximate surface area is 203 Å². The van der Waals surface area contributed by atoms with Crippen molar-refractivity contribution in [3.63, 3.8) is 0 Å². The smallest absolute Gasteiger partial charge is 0.363 e. The number of alkyl halides is 3. The Kier molecular flexibility index (Phi) is 6.99. The molecular formula is C26H31F4N5. The lowest BCUT2D eigenvalue weighted by molar-refractivity contribution is -0.140. The van der Waals surface area contributed by atoms with Gasteiger partial charge in [0.15, 0.2) is 5.65 Å². The molecule has 35 heavy (non-hydrogen) atoms. The zero-order valence-electron chi connectivity index (χ0n) is 20.7. The summed E-state index contributed by atoms with van der Waals surface area (Å²) in [5.41, 5.74) is 1.21. The van der Waals surface area contributed by atoms with Crippen LogP contribution in [0.15, 0.2) is 24.3 Å². The Morgan fingerprint density at radius 3 is 2.34 bits per heavy atom. The highest BCUT2D eigenvalue weighted by Crippen LogP contribution is 2.36. The predicted octanol–water partition coefficient (Wildman–Crippen LogP) is 6.56. The van der Waals surface area contributed by atoms with Crippen LogP contribution < -0.4 is 5.32 Å². The van der Waals surface area contributed by atoms with Crippen LogP contribution in [0.1, 0.15) is 73.8 Å². The van der Waals surface area contributed by atoms with Crippen molar-refractivity contribution in [2.24, 2.45) is 0 Å². The third kappa shape index (κ3) is 5.24. The number of hydrogen-bond donors (Lipinski definition) is 1. The quantitative estimate of drug-likeness (QED) is 0.412. The third-order valence-electron chi connectivity index (χ3n) is 6.88. The highest BCUT2D eigenvalue weighted by Gasteiger charge is 2.35. The van der Waals surface area contributed by atoms with Crippen LogP contribution >= 0.6 is 0 Å². The van der Waals surface area contributed by atoms with Crippen LogP contribution in [0, 0.1) is 19.7 Å². The Hall–Kier alpha value is -2.81. The molecule has 4 rings (SSSR count). The molecule has 1 aliphatic rings. The summed E-state index contributed by atoms with van der Waals surface area (Å²) in [6.45, 7) is 11.8. The molecule has 1 aliphatic heterocycles. The number of nitrogens with zero attached hydrogens (tertiary/aromatic N) is 4. The largest absolute Gasteiger partial charge is 0.419 e. The first kappa shape index (κ1) is 25.3. The number of anilines is 1. The van der Waals surface area contributed by atoms with Crippen LogP contribution in [-0.2, 0) is 6.18 Å². The van der Waals surface area contributed by atoms with Crippen molar-refractivity contribution in [1.29, 1.82) is 0 Å². The van der Waals surface area contributed by atoms with Gasteiger partial charge in [0, 0.05) is 17.3 Å². The van der Waals surface area contributed by atoms with Gasteiger partial charge in [-0.2, -0.15) is 13.2 Å². The number of pyridine rings is 1. The fourth-order valence-corrected chi connectivity index (χ4v) is 4.90. The van der Waals surface area contributed by atoms with Gasteiger partial charge < -0.3 is 10.2 Å². The number of aryl methyl sites for hydroxylation is 2. The molecule has 3 aromatic rings. The topological polar surface area (TPSA) is 53.9 Å². The predicted molar refractivity (Wildman–Crippen MR) is 129 cm³/mol. The van der Waals surface area contributed by atoms with E-state index in [1.54, 1.807) is 13.8 Å². The molecular weight excluding hydrogens is 458 g/mol. The van der Waals surface area contributed by atoms with Crippen LogP contribution in [-0.4, -0.2) is 39.0 Å². The standard InChI is InChI=1S/C26H31F4N5/c1-14(2)35-11-9-18(10-12-35)20-13-21-24(33-17(5)34-25(21)32-16(20)4)31-15(3)19-7-6-8-22(23(19)27)26(28,29)30/h6-8,13-15,18H,9-12H2,1-5H3,(H,31,32,33,34)/t15-/m1/s1. The number of halogens is 4. The lowest BCUT2D eigenvalue weighted by atomic mass is 9.87. The van der Waals surface area contributed by atoms with E-state index in [1.165, 1.54) is 12.1 Å². The second kappa shape index (κ2) is 9.68. The summed E-state index contributed by atoms with van der Waals surface area (Å²) in [6, 6.07) is 5.12. The van der Waals surface area contributed by atoms with Gasteiger partial charge in [0.1, 0.15) is 17.5 Å². The molecule has 1 N–H and O–H groups in total. The molecule has 0 amide bonds. The molecule has 0 spiro atoms. The molecule has 188 valence electrons. The van der Waals surface area contributed by atoms with Gasteiger partial charge in [0.2, 0.25) is 0 Å². The Morgan fingerprint density at radius 2 is 1.71 bits per heavy atom. The molecule has 1 fully saturated rings. The summed E-state index contributed by atoms with van der Waals surface area (Å²) in [5, 5.41) is 3.81. The number of fused-ring (bicyclic) bond motifs is 1. The minimum absolute atomic E-state index is 0.0782. The SMILES string of the molecule is Cc1nc(N[C@H](C)c2cccc(C(F)(F)F)c2F)c2cc(C3CCN(C(C)C)CC3)c(C)nc2n1. The second-order valence-electron chi connectivity index (χ2n) is 9.63. The molecule has 1 atom stereocenters. The summed E-state index contributed by atoms with van der Waals surface area (Å²) in [5.74, 6) is -0.0113. The minimum Gasteiger partial charge on any atom is -0.363 e. The monoisotopic (exact) mass is 489 g/mol. The van der Waals surface area contributed by atoms with Gasteiger partial charge in [-0.05, 0) is 84.2 Å². The van der Waals surface area contributed by atoms with E-state index in [2.05, 4.69) is 34.0 Å². The Balaban J connectivity index is 1.69. The van der Waals surface area contributed by atoms with E-state index in [4.69, 9.17) is 4.98 Å². The average Bonchev–Trinajstić information content (AvgIpc) is 2.78. The first-order valence-corrected chi connectivity index (χ1v) is 12.0. The number of benzene rings is 1. The number of likely N-dealkylation sites (tertiary alicyclic amines) is 1. The lowest BCUT2D eigenvalue weighted by Crippen LogP contribution is -2.38. The van der Waals surface area contributed by atoms with Gasteiger partial charge in [0.25, 0.3) is 0 Å². The van der Waals surface area contributed by atoms with Crippen molar-refractivity contribution in [3.05, 3.63) is 58.3 Å². The van der Waals surface area contributed by atoms with Crippen molar-refractivity contribution < 1.29 is 17.6 Å². The first-order chi connectivity index (χ1) is 16.5. The number of nitrogens with one attached hydrogen (secondary N) is 1. The third-order valence-corrected chi connectivity index (χ3v) is 6.88. The molecule has 0 saturated carbocycles. The van der Waals surface area contributed by atoms with Crippen molar-refractivity contribution in [1.82, 2.24) is 19.9 Å². The summed E-state index contributed by atoms with van der Waals surface area (Å²) in [4.78, 5) is 16.2. The zero-order valence-corrected chi connectivity index (χ0v) is 20.7. The van der Waals surface area contributed by atoms with Crippen LogP contribution in [0.3, 0.4) is 0 Å². The van der Waals surface area contributed by atoms with Gasteiger partial charge in [-0.15, -0.1) is 0 Å². The van der Waals surface area contributed by atoms with Crippen molar-refractivity contribution in [2.45, 2.75) is 71.6 Å². The maximum Gasteiger partial charge on any atom is 0.419 e. The molecule has 0 radical (unpaired) electrons. The minimum atomic E-state index is -4.76. The number of hydrogen-bond acceptors (Lipinski definition) is 5. The molecule has 1 aromatic carbocycles. The van der Waals surface area contributed by atoms with E-state index in [-0.39, 0.29) is 5.56 Å². The van der Waals surface area contributed by atoms with Gasteiger partial charge in [-0.3, -0.25) is 0 Å². The maximum atomic E-state index is 14.8. The molecule has 0 unspecified atom stereocenters. The summed E-state index contributed by atoms with van der Waals surface area (Å²) < 4.78 is 54.4. The van der Waals surface area contributed by atoms with Crippen LogP contribution in [0.2, 0.25) is 0 Å². The highest BCUT2D eigenvalue weighted by molar-refractivity contribution is 5.87. The van der Waals surface area contributed by atoms with Gasteiger partial charge in [-0.1, -0.05) is 12.1 Å². The van der Waals surface area contributed by atoms with Gasteiger partial charge in [0.05, 0.1) is 17.0 Å². The highest BCUT2D eigenvalue weighted by atomic mass is 19.4. The lowest BCUT2D eigenvalue weighted by Gasteiger charge is -2.35. The molecule has 0 aliphatic carbocycles. The Bertz CT molecular complexity index is 1220. The van der Waals surface area contributed by atoms with Crippen molar-refractivity contribution >= 4 is 16.9 Å². The Morgan fingerprint density at radius 1 is 1.03 bits per heavy atom. The van der Waals surface area contributed by atoms with E-state index in [0.717, 1.165) is 43.3 Å². The number of rotatable bonds is 5. The summed E-state index contributed by atoms with van der Waals surface area (Å²) in [7, 11) is 0. The first-order valence-electron chi connectivity index (χ1n) is 12.0. The second-order valence-corrected chi connectivity index (χ2v) is 9.63. The van der Waals surface area contributed by atoms with Crippen LogP contribution in [0.5, 0.6) is 0 Å². The maximum absolute atomic E-state index is 14.8. The number of piperidine rings is 1. The molecule has 0 bridgehead atoms. The average molecular weight is 490 g/mol. The molecule has 5 nitrogen and oxygen atoms in total. The number of aromatic nitrogens is 3. The van der Waals surface area contributed by atoms with E-state index < -0.39 is 23.6 Å². The zero-order chi connectivity index (χ0) is 25.5. The molecule has 9 heteroatoms. The summed E-state index contributed by atoms with van der Waals surface area (Å²) in [6.07, 6.45) is -2.72. The van der Waals surface area contributed by atoms with Gasteiger partial charge >= 0.3 is 6.18 Å². The molecule has 3 heterocycles. The molecule has 1 saturated heterocycles. The fraction of sp³-hybridized carbons (Fsp3) is 0.500. The fourth-order valence-electron chi connectivity index (χ4n) is 4.90. The van der Waals surface area contributed by atoms with E-state index in [0.29, 0.717) is 34.6 Å². The van der Waals surface area contributed by atoms with Crippen molar-refractivity contribution in [3.8, 4) is 0 Å². The van der Waals surface area contributed by atoms with E-state index in [9.17, 15) is 17.6 Å². The van der Waals surface area contributed by atoms with E-state index >= 15 is 0 Å². The van der Waals surface area contributed by atoms with E-state index in [1.807, 2.05) is 13.0 Å². The molecule has 2 aromatic heterocycles. The van der Waals surface area contributed by atoms with Crippen molar-refractivity contribution in [2.75, 3.05) is 18.4 Å². The summed E-state index contributed by atoms with van der Waals surface area (Å²) >= 11 is 0. The van der Waals surface area contributed by atoms with Crippen LogP contribution in [0.4, 0.5) is 23.4 Å².